The highest BCUT2D eigenvalue weighted by molar-refractivity contribution is 5.01. The molecule has 0 saturated heterocycles. The minimum atomic E-state index is 0.686. The maximum atomic E-state index is 3.79. The molecule has 2 fully saturated rings. The second kappa shape index (κ2) is 7.11. The van der Waals surface area contributed by atoms with Crippen molar-refractivity contribution in [3.63, 3.8) is 0 Å². The summed E-state index contributed by atoms with van der Waals surface area (Å²) in [6, 6.07) is 0. The Bertz CT molecular complexity index is 260. The molecule has 0 aromatic rings. The SMILES string of the molecule is CCCCCCC1(CNCC(C)C)CC2CCC1C2. The van der Waals surface area contributed by atoms with Gasteiger partial charge in [0.05, 0.1) is 0 Å². The van der Waals surface area contributed by atoms with E-state index in [1.807, 2.05) is 0 Å². The van der Waals surface area contributed by atoms with Crippen molar-refractivity contribution in [2.45, 2.75) is 78.6 Å². The van der Waals surface area contributed by atoms with Crippen LogP contribution in [0, 0.1) is 23.2 Å². The lowest BCUT2D eigenvalue weighted by Gasteiger charge is -2.38. The zero-order valence-corrected chi connectivity index (χ0v) is 13.5. The summed E-state index contributed by atoms with van der Waals surface area (Å²) in [6.07, 6.45) is 13.4. The van der Waals surface area contributed by atoms with Crippen molar-refractivity contribution in [3.05, 3.63) is 0 Å². The molecule has 2 saturated carbocycles. The van der Waals surface area contributed by atoms with Crippen LogP contribution in [0.25, 0.3) is 0 Å². The summed E-state index contributed by atoms with van der Waals surface area (Å²) >= 11 is 0. The third-order valence-electron chi connectivity index (χ3n) is 5.66. The molecule has 0 aromatic carbocycles. The Morgan fingerprint density at radius 3 is 2.58 bits per heavy atom. The van der Waals surface area contributed by atoms with Crippen LogP contribution in [0.3, 0.4) is 0 Å². The number of unbranched alkanes of at least 4 members (excludes halogenated alkanes) is 3. The molecule has 0 radical (unpaired) electrons. The molecule has 0 aromatic heterocycles. The van der Waals surface area contributed by atoms with Gasteiger partial charge in [-0.15, -0.1) is 0 Å². The summed E-state index contributed by atoms with van der Waals surface area (Å²) < 4.78 is 0. The lowest BCUT2D eigenvalue weighted by molar-refractivity contribution is 0.136. The van der Waals surface area contributed by atoms with E-state index in [1.54, 1.807) is 6.42 Å². The van der Waals surface area contributed by atoms with E-state index in [0.29, 0.717) is 5.41 Å². The monoisotopic (exact) mass is 265 g/mol. The van der Waals surface area contributed by atoms with Gasteiger partial charge in [0.1, 0.15) is 0 Å². The van der Waals surface area contributed by atoms with Crippen LogP contribution in [0.1, 0.15) is 78.6 Å². The number of hydrogen-bond acceptors (Lipinski definition) is 1. The van der Waals surface area contributed by atoms with E-state index >= 15 is 0 Å². The molecule has 0 heterocycles. The van der Waals surface area contributed by atoms with Crippen LogP contribution in [0.2, 0.25) is 0 Å². The van der Waals surface area contributed by atoms with Crippen LogP contribution >= 0.6 is 0 Å². The fraction of sp³-hybridized carbons (Fsp3) is 1.00. The molecule has 1 N–H and O–H groups in total. The van der Waals surface area contributed by atoms with Crippen molar-refractivity contribution in [1.82, 2.24) is 5.32 Å². The average Bonchev–Trinajstić information content (AvgIpc) is 2.95. The molecule has 0 aliphatic heterocycles. The Kier molecular flexibility index (Phi) is 5.74. The topological polar surface area (TPSA) is 12.0 Å². The Morgan fingerprint density at radius 2 is 2.00 bits per heavy atom. The maximum Gasteiger partial charge on any atom is 0.00107 e. The molecule has 1 heteroatoms. The van der Waals surface area contributed by atoms with E-state index in [9.17, 15) is 0 Å². The fourth-order valence-corrected chi connectivity index (χ4v) is 4.68. The van der Waals surface area contributed by atoms with Crippen molar-refractivity contribution in [2.24, 2.45) is 23.2 Å². The molecule has 19 heavy (non-hydrogen) atoms. The van der Waals surface area contributed by atoms with E-state index in [1.165, 1.54) is 64.5 Å². The molecule has 0 spiro atoms. The zero-order chi connectivity index (χ0) is 13.7. The lowest BCUT2D eigenvalue weighted by atomic mass is 9.69. The van der Waals surface area contributed by atoms with Gasteiger partial charge >= 0.3 is 0 Å². The summed E-state index contributed by atoms with van der Waals surface area (Å²) in [5.41, 5.74) is 0.686. The van der Waals surface area contributed by atoms with Crippen LogP contribution in [0.4, 0.5) is 0 Å². The number of rotatable bonds is 9. The van der Waals surface area contributed by atoms with Gasteiger partial charge in [-0.25, -0.2) is 0 Å². The first-order valence-electron chi connectivity index (χ1n) is 8.87. The summed E-state index contributed by atoms with van der Waals surface area (Å²) in [5, 5.41) is 3.79. The predicted molar refractivity (Wildman–Crippen MR) is 84.3 cm³/mol. The molecule has 2 rings (SSSR count). The van der Waals surface area contributed by atoms with Gasteiger partial charge in [-0.2, -0.15) is 0 Å². The number of nitrogens with one attached hydrogen (secondary N) is 1. The summed E-state index contributed by atoms with van der Waals surface area (Å²) in [4.78, 5) is 0. The van der Waals surface area contributed by atoms with Gasteiger partial charge in [-0.1, -0.05) is 52.9 Å². The highest BCUT2D eigenvalue weighted by atomic mass is 14.9. The third-order valence-corrected chi connectivity index (χ3v) is 5.66. The molecule has 2 aliphatic carbocycles. The quantitative estimate of drug-likeness (QED) is 0.578. The fourth-order valence-electron chi connectivity index (χ4n) is 4.68. The molecule has 3 unspecified atom stereocenters. The standard InChI is InChI=1S/C18H35N/c1-4-5-6-7-10-18(14-19-13-15(2)3)12-16-8-9-17(18)11-16/h15-17,19H,4-14H2,1-3H3. The highest BCUT2D eigenvalue weighted by Gasteiger charge is 2.49. The first-order chi connectivity index (χ1) is 9.16. The third kappa shape index (κ3) is 3.97. The van der Waals surface area contributed by atoms with Gasteiger partial charge < -0.3 is 5.32 Å². The largest absolute Gasteiger partial charge is 0.316 e. The molecular formula is C18H35N. The van der Waals surface area contributed by atoms with E-state index < -0.39 is 0 Å². The second-order valence-electron chi connectivity index (χ2n) is 7.78. The average molecular weight is 265 g/mol. The van der Waals surface area contributed by atoms with Crippen LogP contribution in [-0.2, 0) is 0 Å². The first kappa shape index (κ1) is 15.4. The van der Waals surface area contributed by atoms with E-state index in [-0.39, 0.29) is 0 Å². The Morgan fingerprint density at radius 1 is 1.16 bits per heavy atom. The predicted octanol–water partition coefficient (Wildman–Crippen LogP) is 5.01. The van der Waals surface area contributed by atoms with Crippen LogP contribution in [0.5, 0.6) is 0 Å². The minimum absolute atomic E-state index is 0.686. The summed E-state index contributed by atoms with van der Waals surface area (Å²) in [5.74, 6) is 2.92. The second-order valence-corrected chi connectivity index (χ2v) is 7.78. The van der Waals surface area contributed by atoms with E-state index in [4.69, 9.17) is 0 Å². The normalized spacial score (nSPS) is 33.5. The van der Waals surface area contributed by atoms with E-state index in [0.717, 1.165) is 17.8 Å². The van der Waals surface area contributed by atoms with Gasteiger partial charge in [0.25, 0.3) is 0 Å². The maximum absolute atomic E-state index is 3.79. The lowest BCUT2D eigenvalue weighted by Crippen LogP contribution is -2.40. The zero-order valence-electron chi connectivity index (χ0n) is 13.5. The van der Waals surface area contributed by atoms with Crippen molar-refractivity contribution < 1.29 is 0 Å². The number of hydrogen-bond donors (Lipinski definition) is 1. The van der Waals surface area contributed by atoms with Gasteiger partial charge in [0, 0.05) is 6.54 Å². The molecule has 0 amide bonds. The number of fused-ring (bicyclic) bond motifs is 2. The Labute approximate surface area is 120 Å². The summed E-state index contributed by atoms with van der Waals surface area (Å²) in [6.45, 7) is 9.47. The van der Waals surface area contributed by atoms with Gasteiger partial charge in [0.2, 0.25) is 0 Å². The summed E-state index contributed by atoms with van der Waals surface area (Å²) in [7, 11) is 0. The van der Waals surface area contributed by atoms with E-state index in [2.05, 4.69) is 26.1 Å². The molecular weight excluding hydrogens is 230 g/mol. The first-order valence-corrected chi connectivity index (χ1v) is 8.87. The van der Waals surface area contributed by atoms with Crippen molar-refractivity contribution in [1.29, 1.82) is 0 Å². The molecule has 3 atom stereocenters. The smallest absolute Gasteiger partial charge is 0.00107 e. The minimum Gasteiger partial charge on any atom is -0.316 e. The molecule has 2 aliphatic rings. The highest BCUT2D eigenvalue weighted by Crippen LogP contribution is 2.57. The Balaban J connectivity index is 1.83. The van der Waals surface area contributed by atoms with Crippen LogP contribution < -0.4 is 5.32 Å². The molecule has 112 valence electrons. The van der Waals surface area contributed by atoms with Gasteiger partial charge in [0.15, 0.2) is 0 Å². The molecule has 2 bridgehead atoms. The van der Waals surface area contributed by atoms with Crippen molar-refractivity contribution in [3.8, 4) is 0 Å². The van der Waals surface area contributed by atoms with Crippen LogP contribution in [-0.4, -0.2) is 13.1 Å². The van der Waals surface area contributed by atoms with Crippen molar-refractivity contribution in [2.75, 3.05) is 13.1 Å². The van der Waals surface area contributed by atoms with Gasteiger partial charge in [-0.05, 0) is 55.4 Å². The van der Waals surface area contributed by atoms with Crippen molar-refractivity contribution >= 4 is 0 Å². The molecule has 1 nitrogen and oxygen atoms in total. The van der Waals surface area contributed by atoms with Gasteiger partial charge in [-0.3, -0.25) is 0 Å². The Hall–Kier alpha value is -0.0400. The van der Waals surface area contributed by atoms with Crippen LogP contribution in [0.15, 0.2) is 0 Å².